The van der Waals surface area contributed by atoms with Crippen molar-refractivity contribution >= 4 is 28.0 Å². The third-order valence-corrected chi connectivity index (χ3v) is 7.90. The van der Waals surface area contributed by atoms with Crippen molar-refractivity contribution in [3.63, 3.8) is 0 Å². The summed E-state index contributed by atoms with van der Waals surface area (Å²) in [5, 5.41) is 1.00. The van der Waals surface area contributed by atoms with Crippen LogP contribution in [0.1, 0.15) is 58.9 Å². The summed E-state index contributed by atoms with van der Waals surface area (Å²) in [4.78, 5) is 7.38. The van der Waals surface area contributed by atoms with Gasteiger partial charge in [-0.2, -0.15) is 0 Å². The Labute approximate surface area is 225 Å². The molecule has 1 saturated heterocycles. The minimum absolute atomic E-state index is 0.0674. The molecule has 6 rings (SSSR count). The quantitative estimate of drug-likeness (QED) is 0.260. The van der Waals surface area contributed by atoms with Crippen LogP contribution >= 0.6 is 0 Å². The van der Waals surface area contributed by atoms with Crippen molar-refractivity contribution in [3.05, 3.63) is 81.4 Å². The fourth-order valence-electron chi connectivity index (χ4n) is 6.43. The smallest absolute Gasteiger partial charge is 0.238 e. The van der Waals surface area contributed by atoms with E-state index < -0.39 is 0 Å². The molecule has 4 aromatic rings. The highest BCUT2D eigenvalue weighted by Gasteiger charge is 2.56. The molecule has 1 aromatic heterocycles. The molecular weight excluding hydrogens is 472 g/mol. The molecule has 0 amide bonds. The van der Waals surface area contributed by atoms with Crippen LogP contribution in [-0.2, 0) is 4.74 Å². The zero-order valence-corrected chi connectivity index (χ0v) is 23.8. The van der Waals surface area contributed by atoms with E-state index in [1.165, 1.54) is 33.4 Å². The molecule has 3 heterocycles. The number of fused-ring (bicyclic) bond motifs is 4. The molecule has 2 aliphatic heterocycles. The van der Waals surface area contributed by atoms with Crippen molar-refractivity contribution in [2.45, 2.75) is 73.2 Å². The number of rotatable bonds is 4. The van der Waals surface area contributed by atoms with Gasteiger partial charge in [0.1, 0.15) is 29.2 Å². The Hall–Kier alpha value is -3.57. The molecular formula is C33H36N2O3. The molecule has 0 saturated carbocycles. The van der Waals surface area contributed by atoms with Crippen LogP contribution in [0.25, 0.3) is 10.9 Å². The number of nitrogens with zero attached hydrogens (tertiary/aromatic N) is 2. The summed E-state index contributed by atoms with van der Waals surface area (Å²) in [6, 6.07) is 15.4. The van der Waals surface area contributed by atoms with Crippen LogP contribution in [0.3, 0.4) is 0 Å². The Morgan fingerprint density at radius 1 is 0.789 bits per heavy atom. The van der Waals surface area contributed by atoms with Gasteiger partial charge in [0.15, 0.2) is 0 Å². The fourth-order valence-corrected chi connectivity index (χ4v) is 6.43. The monoisotopic (exact) mass is 508 g/mol. The van der Waals surface area contributed by atoms with Crippen LogP contribution in [0.4, 0.5) is 17.1 Å². The lowest BCUT2D eigenvalue weighted by Crippen LogP contribution is -2.37. The molecule has 0 bridgehead atoms. The van der Waals surface area contributed by atoms with Gasteiger partial charge in [0.2, 0.25) is 5.88 Å². The van der Waals surface area contributed by atoms with Gasteiger partial charge in [-0.3, -0.25) is 0 Å². The summed E-state index contributed by atoms with van der Waals surface area (Å²) >= 11 is 0. The van der Waals surface area contributed by atoms with E-state index in [4.69, 9.17) is 19.2 Å². The first-order valence-corrected chi connectivity index (χ1v) is 13.3. The van der Waals surface area contributed by atoms with Crippen molar-refractivity contribution in [1.29, 1.82) is 0 Å². The van der Waals surface area contributed by atoms with Crippen LogP contribution in [-0.4, -0.2) is 23.8 Å². The maximum absolute atomic E-state index is 6.41. The van der Waals surface area contributed by atoms with E-state index in [-0.39, 0.29) is 17.8 Å². The molecule has 196 valence electrons. The van der Waals surface area contributed by atoms with Gasteiger partial charge >= 0.3 is 0 Å². The molecule has 5 heteroatoms. The first kappa shape index (κ1) is 24.7. The van der Waals surface area contributed by atoms with Gasteiger partial charge in [0, 0.05) is 10.9 Å². The summed E-state index contributed by atoms with van der Waals surface area (Å²) < 4.78 is 18.4. The average molecular weight is 509 g/mol. The van der Waals surface area contributed by atoms with Crippen LogP contribution in [0.15, 0.2) is 42.5 Å². The highest BCUT2D eigenvalue weighted by Crippen LogP contribution is 2.55. The third kappa shape index (κ3) is 3.83. The van der Waals surface area contributed by atoms with Crippen LogP contribution in [0, 0.1) is 41.5 Å². The predicted molar refractivity (Wildman–Crippen MR) is 154 cm³/mol. The van der Waals surface area contributed by atoms with Crippen molar-refractivity contribution in [3.8, 4) is 11.6 Å². The molecule has 0 radical (unpaired) electrons. The first-order chi connectivity index (χ1) is 18.0. The summed E-state index contributed by atoms with van der Waals surface area (Å²) in [6.07, 6.45) is 0.155. The molecule has 0 unspecified atom stereocenters. The molecule has 38 heavy (non-hydrogen) atoms. The maximum Gasteiger partial charge on any atom is 0.238 e. The second-order valence-corrected chi connectivity index (χ2v) is 11.6. The Balaban J connectivity index is 1.63. The van der Waals surface area contributed by atoms with E-state index in [0.717, 1.165) is 39.3 Å². The summed E-state index contributed by atoms with van der Waals surface area (Å²) in [5.74, 6) is 1.46. The standard InChI is InChI=1S/C33H36N2O3/c1-17-10-19(3)28(20(4)11-17)35(29-21(5)12-18(2)13-22(29)6)26-14-23-15-27-24(16-25(23)34-32(26)36-9)30-31(37-30)33(7,8)38-27/h10-16,30-31H,1-9H3/t30-,31-/m1/s1. The van der Waals surface area contributed by atoms with Crippen molar-refractivity contribution in [2.75, 3.05) is 12.0 Å². The number of epoxide rings is 1. The molecule has 0 N–H and O–H groups in total. The Morgan fingerprint density at radius 3 is 1.87 bits per heavy atom. The number of hydrogen-bond acceptors (Lipinski definition) is 5. The van der Waals surface area contributed by atoms with Gasteiger partial charge in [-0.15, -0.1) is 0 Å². The second kappa shape index (κ2) is 8.47. The summed E-state index contributed by atoms with van der Waals surface area (Å²) in [7, 11) is 1.70. The van der Waals surface area contributed by atoms with Gasteiger partial charge in [0.05, 0.1) is 24.0 Å². The number of pyridine rings is 1. The SMILES string of the molecule is COc1nc2cc3c(cc2cc1N(c1c(C)cc(C)cc1C)c1c(C)cc(C)cc1C)OC(C)(C)[C@@H]1O[C@H]31. The van der Waals surface area contributed by atoms with Gasteiger partial charge < -0.3 is 19.1 Å². The number of ether oxygens (including phenoxy) is 3. The van der Waals surface area contributed by atoms with E-state index in [1.54, 1.807) is 7.11 Å². The normalized spacial score (nSPS) is 19.0. The van der Waals surface area contributed by atoms with Gasteiger partial charge in [-0.05, 0) is 95.8 Å². The molecule has 3 aromatic carbocycles. The Morgan fingerprint density at radius 2 is 1.34 bits per heavy atom. The number of aromatic nitrogens is 1. The predicted octanol–water partition coefficient (Wildman–Crippen LogP) is 8.17. The van der Waals surface area contributed by atoms with Crippen molar-refractivity contribution in [1.82, 2.24) is 4.98 Å². The second-order valence-electron chi connectivity index (χ2n) is 11.6. The summed E-state index contributed by atoms with van der Waals surface area (Å²) in [5.41, 5.74) is 12.1. The van der Waals surface area contributed by atoms with E-state index in [9.17, 15) is 0 Å². The first-order valence-electron chi connectivity index (χ1n) is 13.3. The van der Waals surface area contributed by atoms with Gasteiger partial charge in [0.25, 0.3) is 0 Å². The molecule has 1 fully saturated rings. The largest absolute Gasteiger partial charge is 0.485 e. The number of aryl methyl sites for hydroxylation is 6. The van der Waals surface area contributed by atoms with E-state index in [0.29, 0.717) is 5.88 Å². The fraction of sp³-hybridized carbons (Fsp3) is 0.364. The highest BCUT2D eigenvalue weighted by atomic mass is 16.6. The molecule has 2 atom stereocenters. The molecule has 0 aliphatic carbocycles. The summed E-state index contributed by atoms with van der Waals surface area (Å²) in [6.45, 7) is 17.2. The topological polar surface area (TPSA) is 47.1 Å². The van der Waals surface area contributed by atoms with Crippen molar-refractivity contribution < 1.29 is 14.2 Å². The lowest BCUT2D eigenvalue weighted by Gasteiger charge is -2.33. The Kier molecular flexibility index (Phi) is 5.52. The minimum Gasteiger partial charge on any atom is -0.485 e. The van der Waals surface area contributed by atoms with Crippen LogP contribution in [0.5, 0.6) is 11.6 Å². The van der Waals surface area contributed by atoms with Crippen molar-refractivity contribution in [2.24, 2.45) is 0 Å². The lowest BCUT2D eigenvalue weighted by atomic mass is 9.93. The molecule has 5 nitrogen and oxygen atoms in total. The molecule has 2 aliphatic rings. The highest BCUT2D eigenvalue weighted by molar-refractivity contribution is 5.92. The number of anilines is 3. The lowest BCUT2D eigenvalue weighted by molar-refractivity contribution is 0.0727. The van der Waals surface area contributed by atoms with E-state index >= 15 is 0 Å². The minimum atomic E-state index is -0.355. The average Bonchev–Trinajstić information content (AvgIpc) is 3.62. The van der Waals surface area contributed by atoms with Gasteiger partial charge in [-0.25, -0.2) is 4.98 Å². The number of benzene rings is 3. The zero-order valence-electron chi connectivity index (χ0n) is 23.8. The zero-order chi connectivity index (χ0) is 27.1. The van der Waals surface area contributed by atoms with Crippen LogP contribution in [0.2, 0.25) is 0 Å². The molecule has 0 spiro atoms. The maximum atomic E-state index is 6.41. The van der Waals surface area contributed by atoms with E-state index in [1.807, 2.05) is 0 Å². The number of hydrogen-bond donors (Lipinski definition) is 0. The van der Waals surface area contributed by atoms with Gasteiger partial charge in [-0.1, -0.05) is 35.4 Å². The third-order valence-electron chi connectivity index (χ3n) is 7.90. The number of methoxy groups -OCH3 is 1. The Bertz CT molecular complexity index is 1520. The van der Waals surface area contributed by atoms with E-state index in [2.05, 4.69) is 103 Å². The van der Waals surface area contributed by atoms with Crippen LogP contribution < -0.4 is 14.4 Å².